The molecule has 0 radical (unpaired) electrons. The summed E-state index contributed by atoms with van der Waals surface area (Å²) in [6.07, 6.45) is 2.36. The lowest BCUT2D eigenvalue weighted by Gasteiger charge is -2.01. The molecule has 2 rings (SSSR count). The summed E-state index contributed by atoms with van der Waals surface area (Å²) < 4.78 is 6.35. The first-order valence-electron chi connectivity index (χ1n) is 4.69. The Hall–Kier alpha value is -2.17. The van der Waals surface area contributed by atoms with E-state index in [0.29, 0.717) is 28.9 Å². The van der Waals surface area contributed by atoms with Crippen molar-refractivity contribution in [1.29, 1.82) is 0 Å². The molecule has 0 saturated carbocycles. The van der Waals surface area contributed by atoms with Crippen LogP contribution in [0.1, 0.15) is 26.7 Å². The normalized spacial score (nSPS) is 10.4. The largest absolute Gasteiger partial charge is 0.465 e. The average Bonchev–Trinajstić information content (AvgIpc) is 2.64. The number of carbonyl (C=O) groups is 2. The van der Waals surface area contributed by atoms with E-state index < -0.39 is 5.97 Å². The Morgan fingerprint density at radius 3 is 2.94 bits per heavy atom. The van der Waals surface area contributed by atoms with Gasteiger partial charge < -0.3 is 9.14 Å². The number of methoxy groups -OCH3 is 1. The van der Waals surface area contributed by atoms with E-state index in [2.05, 4.69) is 9.72 Å². The van der Waals surface area contributed by atoms with Crippen LogP contribution in [0, 0.1) is 6.92 Å². The van der Waals surface area contributed by atoms with E-state index in [1.807, 2.05) is 0 Å². The van der Waals surface area contributed by atoms with Crippen molar-refractivity contribution in [3.8, 4) is 0 Å². The Morgan fingerprint density at radius 1 is 1.56 bits per heavy atom. The number of ether oxygens (including phenoxy) is 1. The van der Waals surface area contributed by atoms with Gasteiger partial charge in [-0.2, -0.15) is 0 Å². The molecule has 0 aromatic carbocycles. The molecule has 0 saturated heterocycles. The van der Waals surface area contributed by atoms with Crippen LogP contribution in [-0.2, 0) is 4.74 Å². The van der Waals surface area contributed by atoms with Crippen LogP contribution < -0.4 is 0 Å². The summed E-state index contributed by atoms with van der Waals surface area (Å²) in [6, 6.07) is 3.22. The van der Waals surface area contributed by atoms with Crippen LogP contribution in [0.3, 0.4) is 0 Å². The van der Waals surface area contributed by atoms with E-state index >= 15 is 0 Å². The van der Waals surface area contributed by atoms with Gasteiger partial charge in [-0.05, 0) is 19.1 Å². The van der Waals surface area contributed by atoms with Crippen molar-refractivity contribution >= 4 is 17.8 Å². The molecule has 0 atom stereocenters. The maximum absolute atomic E-state index is 11.3. The summed E-state index contributed by atoms with van der Waals surface area (Å²) in [5.41, 5.74) is 1.33. The molecular weight excluding hydrogens is 208 g/mol. The highest BCUT2D eigenvalue weighted by Crippen LogP contribution is 2.14. The lowest BCUT2D eigenvalue weighted by molar-refractivity contribution is 0.0600. The summed E-state index contributed by atoms with van der Waals surface area (Å²) in [7, 11) is 1.31. The van der Waals surface area contributed by atoms with E-state index in [-0.39, 0.29) is 0 Å². The van der Waals surface area contributed by atoms with E-state index in [9.17, 15) is 9.59 Å². The van der Waals surface area contributed by atoms with Gasteiger partial charge in [-0.25, -0.2) is 9.78 Å². The van der Waals surface area contributed by atoms with Crippen molar-refractivity contribution in [3.63, 3.8) is 0 Å². The third-order valence-corrected chi connectivity index (χ3v) is 2.38. The second-order valence-electron chi connectivity index (χ2n) is 3.32. The quantitative estimate of drug-likeness (QED) is 0.562. The standard InChI is InChI=1S/C11H10N2O3/c1-7-12-9(6-14)10-5-8(11(15)16-2)3-4-13(7)10/h3-6H,1-2H3. The molecule has 0 unspecified atom stereocenters. The minimum absolute atomic E-state index is 0.322. The van der Waals surface area contributed by atoms with Gasteiger partial charge in [0, 0.05) is 6.20 Å². The highest BCUT2D eigenvalue weighted by atomic mass is 16.5. The lowest BCUT2D eigenvalue weighted by Crippen LogP contribution is -2.02. The highest BCUT2D eigenvalue weighted by Gasteiger charge is 2.11. The van der Waals surface area contributed by atoms with Crippen molar-refractivity contribution in [3.05, 3.63) is 35.4 Å². The highest BCUT2D eigenvalue weighted by molar-refractivity contribution is 5.93. The van der Waals surface area contributed by atoms with Gasteiger partial charge >= 0.3 is 5.97 Å². The number of esters is 1. The summed E-state index contributed by atoms with van der Waals surface area (Å²) in [6.45, 7) is 1.79. The van der Waals surface area contributed by atoms with Crippen molar-refractivity contribution < 1.29 is 14.3 Å². The van der Waals surface area contributed by atoms with E-state index in [0.717, 1.165) is 0 Å². The van der Waals surface area contributed by atoms with E-state index in [4.69, 9.17) is 0 Å². The zero-order valence-corrected chi connectivity index (χ0v) is 8.93. The van der Waals surface area contributed by atoms with Crippen molar-refractivity contribution in [2.45, 2.75) is 6.92 Å². The number of rotatable bonds is 2. The Morgan fingerprint density at radius 2 is 2.31 bits per heavy atom. The minimum atomic E-state index is -0.432. The number of fused-ring (bicyclic) bond motifs is 1. The monoisotopic (exact) mass is 218 g/mol. The van der Waals surface area contributed by atoms with Crippen LogP contribution in [-0.4, -0.2) is 28.7 Å². The maximum atomic E-state index is 11.3. The molecule has 0 fully saturated rings. The molecule has 2 heterocycles. The molecule has 5 nitrogen and oxygen atoms in total. The molecular formula is C11H10N2O3. The van der Waals surface area contributed by atoms with Gasteiger partial charge in [0.25, 0.3) is 0 Å². The SMILES string of the molecule is COC(=O)c1ccn2c(C)nc(C=O)c2c1. The molecule has 0 amide bonds. The smallest absolute Gasteiger partial charge is 0.337 e. The van der Waals surface area contributed by atoms with Gasteiger partial charge in [-0.3, -0.25) is 4.79 Å². The third-order valence-electron chi connectivity index (χ3n) is 2.38. The second-order valence-corrected chi connectivity index (χ2v) is 3.32. The Kier molecular flexibility index (Phi) is 2.44. The minimum Gasteiger partial charge on any atom is -0.465 e. The van der Waals surface area contributed by atoms with Crippen LogP contribution in [0.5, 0.6) is 0 Å². The van der Waals surface area contributed by atoms with Crippen molar-refractivity contribution in [1.82, 2.24) is 9.38 Å². The molecule has 2 aromatic rings. The van der Waals surface area contributed by atoms with Gasteiger partial charge in [0.2, 0.25) is 0 Å². The Labute approximate surface area is 91.7 Å². The molecule has 0 bridgehead atoms. The Balaban J connectivity index is 2.68. The molecule has 82 valence electrons. The second kappa shape index (κ2) is 3.77. The molecule has 5 heteroatoms. The molecule has 0 N–H and O–H groups in total. The van der Waals surface area contributed by atoms with E-state index in [1.165, 1.54) is 7.11 Å². The van der Waals surface area contributed by atoms with Crippen LogP contribution in [0.2, 0.25) is 0 Å². The number of pyridine rings is 1. The number of hydrogen-bond acceptors (Lipinski definition) is 4. The first-order chi connectivity index (χ1) is 7.67. The average molecular weight is 218 g/mol. The summed E-state index contributed by atoms with van der Waals surface area (Å²) in [5.74, 6) is 0.270. The van der Waals surface area contributed by atoms with Gasteiger partial charge in [0.1, 0.15) is 11.5 Å². The number of carbonyl (C=O) groups excluding carboxylic acids is 2. The van der Waals surface area contributed by atoms with Gasteiger partial charge in [0.05, 0.1) is 18.2 Å². The maximum Gasteiger partial charge on any atom is 0.337 e. The molecule has 2 aromatic heterocycles. The predicted molar refractivity (Wildman–Crippen MR) is 56.7 cm³/mol. The summed E-state index contributed by atoms with van der Waals surface area (Å²) in [5, 5.41) is 0. The summed E-state index contributed by atoms with van der Waals surface area (Å²) in [4.78, 5) is 26.2. The first kappa shape index (κ1) is 10.4. The van der Waals surface area contributed by atoms with Crippen molar-refractivity contribution in [2.24, 2.45) is 0 Å². The lowest BCUT2D eigenvalue weighted by atomic mass is 10.2. The van der Waals surface area contributed by atoms with Gasteiger partial charge in [-0.15, -0.1) is 0 Å². The van der Waals surface area contributed by atoms with Crippen LogP contribution in [0.4, 0.5) is 0 Å². The Bertz CT molecular complexity index is 572. The van der Waals surface area contributed by atoms with Crippen LogP contribution in [0.25, 0.3) is 5.52 Å². The zero-order valence-electron chi connectivity index (χ0n) is 8.93. The van der Waals surface area contributed by atoms with Gasteiger partial charge in [-0.1, -0.05) is 0 Å². The molecule has 0 aliphatic carbocycles. The zero-order chi connectivity index (χ0) is 11.7. The molecule has 0 spiro atoms. The van der Waals surface area contributed by atoms with Crippen LogP contribution >= 0.6 is 0 Å². The number of hydrogen-bond donors (Lipinski definition) is 0. The topological polar surface area (TPSA) is 60.7 Å². The number of imidazole rings is 1. The fraction of sp³-hybridized carbons (Fsp3) is 0.182. The number of aldehydes is 1. The third kappa shape index (κ3) is 1.46. The van der Waals surface area contributed by atoms with E-state index in [1.54, 1.807) is 29.7 Å². The molecule has 0 aliphatic rings. The fourth-order valence-electron chi connectivity index (χ4n) is 1.60. The number of aromatic nitrogens is 2. The number of nitrogens with zero attached hydrogens (tertiary/aromatic N) is 2. The molecule has 0 aliphatic heterocycles. The van der Waals surface area contributed by atoms with Crippen LogP contribution in [0.15, 0.2) is 18.3 Å². The first-order valence-corrected chi connectivity index (χ1v) is 4.69. The van der Waals surface area contributed by atoms with Gasteiger partial charge in [0.15, 0.2) is 6.29 Å². The number of aryl methyl sites for hydroxylation is 1. The predicted octanol–water partition coefficient (Wildman–Crippen LogP) is 1.24. The molecule has 16 heavy (non-hydrogen) atoms. The van der Waals surface area contributed by atoms with Crippen molar-refractivity contribution in [2.75, 3.05) is 7.11 Å². The fourth-order valence-corrected chi connectivity index (χ4v) is 1.60. The summed E-state index contributed by atoms with van der Waals surface area (Å²) >= 11 is 0.